The molecule has 1 aromatic carbocycles. The first kappa shape index (κ1) is 12.4. The maximum absolute atomic E-state index is 6.33. The minimum atomic E-state index is 0.266. The standard InChI is InChI=1S/C14H15ClN2O2/c1-3-17(4-2)14-10(15)5-9-6-12-13(19-8-18-12)7-11(9)16-14/h5-7H,3-4,8H2,1-2H3. The third-order valence-electron chi connectivity index (χ3n) is 3.31. The molecule has 19 heavy (non-hydrogen) atoms. The van der Waals surface area contributed by atoms with Crippen molar-refractivity contribution in [3.63, 3.8) is 0 Å². The summed E-state index contributed by atoms with van der Waals surface area (Å²) in [4.78, 5) is 6.78. The van der Waals surface area contributed by atoms with E-state index in [1.807, 2.05) is 18.2 Å². The summed E-state index contributed by atoms with van der Waals surface area (Å²) >= 11 is 6.33. The molecule has 0 spiro atoms. The number of hydrogen-bond acceptors (Lipinski definition) is 4. The van der Waals surface area contributed by atoms with Crippen molar-refractivity contribution in [3.05, 3.63) is 23.2 Å². The smallest absolute Gasteiger partial charge is 0.231 e. The summed E-state index contributed by atoms with van der Waals surface area (Å²) in [6, 6.07) is 5.75. The molecule has 100 valence electrons. The monoisotopic (exact) mass is 278 g/mol. The molecule has 1 aliphatic rings. The van der Waals surface area contributed by atoms with Crippen LogP contribution < -0.4 is 14.4 Å². The molecule has 0 saturated heterocycles. The number of anilines is 1. The molecule has 0 radical (unpaired) electrons. The Morgan fingerprint density at radius 2 is 1.84 bits per heavy atom. The molecule has 0 atom stereocenters. The highest BCUT2D eigenvalue weighted by Gasteiger charge is 2.17. The van der Waals surface area contributed by atoms with Gasteiger partial charge in [0.25, 0.3) is 0 Å². The van der Waals surface area contributed by atoms with Gasteiger partial charge in [0, 0.05) is 24.5 Å². The fourth-order valence-corrected chi connectivity index (χ4v) is 2.55. The number of halogens is 1. The fraction of sp³-hybridized carbons (Fsp3) is 0.357. The predicted octanol–water partition coefficient (Wildman–Crippen LogP) is 3.46. The Kier molecular flexibility index (Phi) is 3.11. The molecule has 2 aromatic rings. The second kappa shape index (κ2) is 4.78. The molecular formula is C14H15ClN2O2. The number of pyridine rings is 1. The summed E-state index contributed by atoms with van der Waals surface area (Å²) in [6.45, 7) is 6.19. The van der Waals surface area contributed by atoms with Crippen molar-refractivity contribution in [1.82, 2.24) is 4.98 Å². The Morgan fingerprint density at radius 1 is 1.16 bits per heavy atom. The van der Waals surface area contributed by atoms with E-state index in [0.29, 0.717) is 5.02 Å². The molecule has 2 heterocycles. The summed E-state index contributed by atoms with van der Waals surface area (Å²) in [6.07, 6.45) is 0. The maximum atomic E-state index is 6.33. The van der Waals surface area contributed by atoms with Crippen molar-refractivity contribution >= 4 is 28.3 Å². The topological polar surface area (TPSA) is 34.6 Å². The first-order valence-corrected chi connectivity index (χ1v) is 6.75. The molecule has 1 aromatic heterocycles. The van der Waals surface area contributed by atoms with Crippen LogP contribution in [0.2, 0.25) is 5.02 Å². The van der Waals surface area contributed by atoms with E-state index in [1.165, 1.54) is 0 Å². The number of rotatable bonds is 3. The highest BCUT2D eigenvalue weighted by atomic mass is 35.5. The zero-order chi connectivity index (χ0) is 13.4. The Morgan fingerprint density at radius 3 is 2.53 bits per heavy atom. The van der Waals surface area contributed by atoms with E-state index in [2.05, 4.69) is 23.7 Å². The summed E-state index contributed by atoms with van der Waals surface area (Å²) in [5.41, 5.74) is 0.871. The average molecular weight is 279 g/mol. The van der Waals surface area contributed by atoms with Crippen LogP contribution >= 0.6 is 11.6 Å². The number of ether oxygens (including phenoxy) is 2. The van der Waals surface area contributed by atoms with Gasteiger partial charge in [0.2, 0.25) is 6.79 Å². The van der Waals surface area contributed by atoms with Crippen LogP contribution in [0.5, 0.6) is 11.5 Å². The highest BCUT2D eigenvalue weighted by Crippen LogP contribution is 2.37. The molecule has 0 amide bonds. The number of fused-ring (bicyclic) bond motifs is 2. The van der Waals surface area contributed by atoms with Gasteiger partial charge in [0.05, 0.1) is 10.5 Å². The van der Waals surface area contributed by atoms with E-state index in [0.717, 1.165) is 41.3 Å². The van der Waals surface area contributed by atoms with Gasteiger partial charge in [-0.15, -0.1) is 0 Å². The van der Waals surface area contributed by atoms with Crippen LogP contribution in [-0.2, 0) is 0 Å². The van der Waals surface area contributed by atoms with Crippen LogP contribution in [-0.4, -0.2) is 24.9 Å². The molecule has 1 aliphatic heterocycles. The van der Waals surface area contributed by atoms with Crippen LogP contribution in [0.3, 0.4) is 0 Å². The summed E-state index contributed by atoms with van der Waals surface area (Å²) in [5, 5.41) is 1.63. The van der Waals surface area contributed by atoms with E-state index >= 15 is 0 Å². The minimum absolute atomic E-state index is 0.266. The van der Waals surface area contributed by atoms with Crippen LogP contribution in [0.25, 0.3) is 10.9 Å². The largest absolute Gasteiger partial charge is 0.454 e. The Balaban J connectivity index is 2.16. The second-order valence-corrected chi connectivity index (χ2v) is 4.77. The lowest BCUT2D eigenvalue weighted by Gasteiger charge is -2.21. The molecule has 0 fully saturated rings. The molecule has 0 aliphatic carbocycles. The fourth-order valence-electron chi connectivity index (χ4n) is 2.27. The molecular weight excluding hydrogens is 264 g/mol. The molecule has 0 N–H and O–H groups in total. The van der Waals surface area contributed by atoms with Gasteiger partial charge in [-0.2, -0.15) is 0 Å². The molecule has 3 rings (SSSR count). The van der Waals surface area contributed by atoms with Crippen molar-refractivity contribution in [2.75, 3.05) is 24.8 Å². The zero-order valence-electron chi connectivity index (χ0n) is 10.9. The average Bonchev–Trinajstić information content (AvgIpc) is 2.85. The van der Waals surface area contributed by atoms with Gasteiger partial charge in [-0.3, -0.25) is 0 Å². The predicted molar refractivity (Wildman–Crippen MR) is 76.4 cm³/mol. The van der Waals surface area contributed by atoms with E-state index in [9.17, 15) is 0 Å². The molecule has 0 unspecified atom stereocenters. The SMILES string of the molecule is CCN(CC)c1nc2cc3c(cc2cc1Cl)OCO3. The molecule has 0 bridgehead atoms. The quantitative estimate of drug-likeness (QED) is 0.861. The van der Waals surface area contributed by atoms with E-state index in [4.69, 9.17) is 21.1 Å². The maximum Gasteiger partial charge on any atom is 0.231 e. The normalized spacial score (nSPS) is 13.0. The van der Waals surface area contributed by atoms with Crippen molar-refractivity contribution in [2.45, 2.75) is 13.8 Å². The van der Waals surface area contributed by atoms with Gasteiger partial charge in [-0.1, -0.05) is 11.6 Å². The van der Waals surface area contributed by atoms with Gasteiger partial charge in [0.1, 0.15) is 5.82 Å². The van der Waals surface area contributed by atoms with Gasteiger partial charge < -0.3 is 14.4 Å². The van der Waals surface area contributed by atoms with E-state index < -0.39 is 0 Å². The lowest BCUT2D eigenvalue weighted by atomic mass is 10.2. The van der Waals surface area contributed by atoms with Crippen LogP contribution in [0, 0.1) is 0 Å². The van der Waals surface area contributed by atoms with Crippen molar-refractivity contribution in [2.24, 2.45) is 0 Å². The summed E-state index contributed by atoms with van der Waals surface area (Å²) < 4.78 is 10.7. The first-order valence-electron chi connectivity index (χ1n) is 6.37. The number of aromatic nitrogens is 1. The number of nitrogens with zero attached hydrogens (tertiary/aromatic N) is 2. The lowest BCUT2D eigenvalue weighted by molar-refractivity contribution is 0.174. The van der Waals surface area contributed by atoms with Crippen molar-refractivity contribution in [1.29, 1.82) is 0 Å². The number of hydrogen-bond donors (Lipinski definition) is 0. The third kappa shape index (κ3) is 2.06. The second-order valence-electron chi connectivity index (χ2n) is 4.36. The van der Waals surface area contributed by atoms with E-state index in [1.54, 1.807) is 0 Å². The Hall–Kier alpha value is -1.68. The lowest BCUT2D eigenvalue weighted by Crippen LogP contribution is -2.23. The Bertz CT molecular complexity index is 626. The van der Waals surface area contributed by atoms with Crippen LogP contribution in [0.15, 0.2) is 18.2 Å². The minimum Gasteiger partial charge on any atom is -0.454 e. The van der Waals surface area contributed by atoms with Gasteiger partial charge in [-0.05, 0) is 26.0 Å². The highest BCUT2D eigenvalue weighted by molar-refractivity contribution is 6.33. The van der Waals surface area contributed by atoms with Gasteiger partial charge in [-0.25, -0.2) is 4.98 Å². The Labute approximate surface area is 116 Å². The summed E-state index contributed by atoms with van der Waals surface area (Å²) in [7, 11) is 0. The van der Waals surface area contributed by atoms with Crippen molar-refractivity contribution in [3.8, 4) is 11.5 Å². The first-order chi connectivity index (χ1) is 9.22. The number of benzene rings is 1. The zero-order valence-corrected chi connectivity index (χ0v) is 11.7. The van der Waals surface area contributed by atoms with Gasteiger partial charge in [0.15, 0.2) is 11.5 Å². The molecule has 0 saturated carbocycles. The summed E-state index contributed by atoms with van der Waals surface area (Å²) in [5.74, 6) is 2.31. The molecule has 4 nitrogen and oxygen atoms in total. The van der Waals surface area contributed by atoms with Gasteiger partial charge >= 0.3 is 0 Å². The van der Waals surface area contributed by atoms with E-state index in [-0.39, 0.29) is 6.79 Å². The van der Waals surface area contributed by atoms with Crippen LogP contribution in [0.4, 0.5) is 5.82 Å². The molecule has 5 heteroatoms. The van der Waals surface area contributed by atoms with Crippen LogP contribution in [0.1, 0.15) is 13.8 Å². The van der Waals surface area contributed by atoms with Crippen molar-refractivity contribution < 1.29 is 9.47 Å². The third-order valence-corrected chi connectivity index (χ3v) is 3.59.